The van der Waals surface area contributed by atoms with Gasteiger partial charge in [0, 0.05) is 6.08 Å². The maximum atomic E-state index is 12.8. The monoisotopic (exact) mass is 269 g/mol. The molecule has 0 aliphatic heterocycles. The first-order valence-electron chi connectivity index (χ1n) is 6.18. The molecule has 0 bridgehead atoms. The third-order valence-electron chi connectivity index (χ3n) is 2.94. The molecule has 0 spiro atoms. The van der Waals surface area contributed by atoms with Gasteiger partial charge in [-0.25, -0.2) is 9.37 Å². The quantitative estimate of drug-likeness (QED) is 0.789. The first-order chi connectivity index (χ1) is 9.74. The van der Waals surface area contributed by atoms with Crippen LogP contribution in [0.3, 0.4) is 0 Å². The van der Waals surface area contributed by atoms with Gasteiger partial charge in [0.1, 0.15) is 11.3 Å². The van der Waals surface area contributed by atoms with Crippen molar-refractivity contribution in [2.45, 2.75) is 6.61 Å². The molecule has 0 amide bonds. The fraction of sp³-hybridized carbons (Fsp3) is 0.0625. The van der Waals surface area contributed by atoms with Gasteiger partial charge in [0.25, 0.3) is 0 Å². The Morgan fingerprint density at radius 1 is 1.10 bits per heavy atom. The predicted octanol–water partition coefficient (Wildman–Crippen LogP) is 3.63. The van der Waals surface area contributed by atoms with Crippen LogP contribution in [0.1, 0.15) is 17.0 Å². The number of rotatable bonds is 3. The fourth-order valence-corrected chi connectivity index (χ4v) is 1.90. The molecule has 0 saturated carbocycles. The van der Waals surface area contributed by atoms with Crippen molar-refractivity contribution >= 4 is 23.3 Å². The number of fused-ring (bicyclic) bond motifs is 1. The van der Waals surface area contributed by atoms with E-state index in [1.165, 1.54) is 12.1 Å². The summed E-state index contributed by atoms with van der Waals surface area (Å²) in [6.07, 6.45) is 3.53. The molecular weight excluding hydrogens is 257 g/mol. The standard InChI is InChI=1S/C16H12FNO2/c17-13-5-1-11(2-6-13)4-8-16-18-14-7-3-12(10-19)9-15(14)20-16/h1-9,19H,10H2/b8-4+. The van der Waals surface area contributed by atoms with Gasteiger partial charge in [-0.1, -0.05) is 18.2 Å². The zero-order valence-electron chi connectivity index (χ0n) is 10.6. The summed E-state index contributed by atoms with van der Waals surface area (Å²) in [7, 11) is 0. The molecule has 4 heteroatoms. The molecule has 3 aromatic rings. The summed E-state index contributed by atoms with van der Waals surface area (Å²) in [5.41, 5.74) is 3.02. The Balaban J connectivity index is 1.88. The first-order valence-corrected chi connectivity index (χ1v) is 6.18. The maximum absolute atomic E-state index is 12.8. The van der Waals surface area contributed by atoms with Crippen LogP contribution >= 0.6 is 0 Å². The summed E-state index contributed by atoms with van der Waals surface area (Å²) in [5.74, 6) is 0.208. The van der Waals surface area contributed by atoms with E-state index < -0.39 is 0 Å². The number of halogens is 1. The molecule has 3 rings (SSSR count). The van der Waals surface area contributed by atoms with Crippen LogP contribution in [0.2, 0.25) is 0 Å². The van der Waals surface area contributed by atoms with Crippen molar-refractivity contribution in [2.75, 3.05) is 0 Å². The molecule has 0 unspecified atom stereocenters. The van der Waals surface area contributed by atoms with Crippen LogP contribution < -0.4 is 0 Å². The van der Waals surface area contributed by atoms with Crippen molar-refractivity contribution in [3.63, 3.8) is 0 Å². The van der Waals surface area contributed by atoms with E-state index >= 15 is 0 Å². The van der Waals surface area contributed by atoms with E-state index in [1.54, 1.807) is 42.5 Å². The van der Waals surface area contributed by atoms with Crippen LogP contribution in [0.5, 0.6) is 0 Å². The van der Waals surface area contributed by atoms with E-state index in [4.69, 9.17) is 9.52 Å². The van der Waals surface area contributed by atoms with Crippen molar-refractivity contribution in [1.29, 1.82) is 0 Å². The molecule has 2 aromatic carbocycles. The summed E-state index contributed by atoms with van der Waals surface area (Å²) in [6.45, 7) is -0.0304. The van der Waals surface area contributed by atoms with Crippen LogP contribution in [0.4, 0.5) is 4.39 Å². The van der Waals surface area contributed by atoms with Gasteiger partial charge in [-0.2, -0.15) is 0 Å². The molecule has 0 fully saturated rings. The molecule has 20 heavy (non-hydrogen) atoms. The summed E-state index contributed by atoms with van der Waals surface area (Å²) < 4.78 is 18.4. The van der Waals surface area contributed by atoms with E-state index in [-0.39, 0.29) is 12.4 Å². The molecular formula is C16H12FNO2. The van der Waals surface area contributed by atoms with E-state index in [2.05, 4.69) is 4.98 Å². The van der Waals surface area contributed by atoms with Crippen molar-refractivity contribution in [3.05, 3.63) is 65.3 Å². The number of benzene rings is 2. The molecule has 0 saturated heterocycles. The number of hydrogen-bond acceptors (Lipinski definition) is 3. The second-order valence-corrected chi connectivity index (χ2v) is 4.40. The van der Waals surface area contributed by atoms with Crippen LogP contribution in [0, 0.1) is 5.82 Å². The Hall–Kier alpha value is -2.46. The Morgan fingerprint density at radius 3 is 2.65 bits per heavy atom. The van der Waals surface area contributed by atoms with Crippen LogP contribution in [-0.4, -0.2) is 10.1 Å². The van der Waals surface area contributed by atoms with E-state index in [0.29, 0.717) is 11.5 Å². The number of aliphatic hydroxyl groups excluding tert-OH is 1. The number of nitrogens with zero attached hydrogens (tertiary/aromatic N) is 1. The van der Waals surface area contributed by atoms with Crippen LogP contribution in [0.15, 0.2) is 46.9 Å². The second-order valence-electron chi connectivity index (χ2n) is 4.40. The lowest BCUT2D eigenvalue weighted by Gasteiger charge is -1.92. The third kappa shape index (κ3) is 2.60. The minimum atomic E-state index is -0.263. The highest BCUT2D eigenvalue weighted by Gasteiger charge is 2.03. The van der Waals surface area contributed by atoms with Gasteiger partial charge in [-0.15, -0.1) is 0 Å². The lowest BCUT2D eigenvalue weighted by Crippen LogP contribution is -1.80. The van der Waals surface area contributed by atoms with Crippen molar-refractivity contribution in [1.82, 2.24) is 4.98 Å². The Kier molecular flexibility index (Phi) is 3.31. The zero-order chi connectivity index (χ0) is 13.9. The lowest BCUT2D eigenvalue weighted by atomic mass is 10.2. The van der Waals surface area contributed by atoms with Gasteiger partial charge >= 0.3 is 0 Å². The average molecular weight is 269 g/mol. The summed E-state index contributed by atoms with van der Waals surface area (Å²) in [6, 6.07) is 11.5. The molecule has 100 valence electrons. The van der Waals surface area contributed by atoms with Crippen molar-refractivity contribution in [3.8, 4) is 0 Å². The average Bonchev–Trinajstić information content (AvgIpc) is 2.88. The summed E-state index contributed by atoms with van der Waals surface area (Å²) in [5, 5.41) is 9.07. The predicted molar refractivity (Wildman–Crippen MR) is 75.3 cm³/mol. The second kappa shape index (κ2) is 5.27. The minimum Gasteiger partial charge on any atom is -0.437 e. The highest BCUT2D eigenvalue weighted by Crippen LogP contribution is 2.19. The van der Waals surface area contributed by atoms with E-state index in [0.717, 1.165) is 16.6 Å². The third-order valence-corrected chi connectivity index (χ3v) is 2.94. The van der Waals surface area contributed by atoms with Crippen molar-refractivity contribution < 1.29 is 13.9 Å². The largest absolute Gasteiger partial charge is 0.437 e. The number of aliphatic hydroxyl groups is 1. The molecule has 0 aliphatic rings. The topological polar surface area (TPSA) is 46.3 Å². The molecule has 1 N–H and O–H groups in total. The van der Waals surface area contributed by atoms with Crippen LogP contribution in [-0.2, 0) is 6.61 Å². The zero-order valence-corrected chi connectivity index (χ0v) is 10.6. The molecule has 0 radical (unpaired) electrons. The molecule has 0 atom stereocenters. The van der Waals surface area contributed by atoms with Crippen LogP contribution in [0.25, 0.3) is 23.3 Å². The summed E-state index contributed by atoms with van der Waals surface area (Å²) in [4.78, 5) is 4.31. The fourth-order valence-electron chi connectivity index (χ4n) is 1.90. The Morgan fingerprint density at radius 2 is 1.90 bits per heavy atom. The molecule has 3 nitrogen and oxygen atoms in total. The Bertz CT molecular complexity index is 760. The van der Waals surface area contributed by atoms with Gasteiger partial charge < -0.3 is 9.52 Å². The van der Waals surface area contributed by atoms with Gasteiger partial charge in [-0.3, -0.25) is 0 Å². The molecule has 1 heterocycles. The number of aromatic nitrogens is 1. The van der Waals surface area contributed by atoms with Gasteiger partial charge in [0.05, 0.1) is 6.61 Å². The van der Waals surface area contributed by atoms with E-state index in [9.17, 15) is 4.39 Å². The maximum Gasteiger partial charge on any atom is 0.220 e. The summed E-state index contributed by atoms with van der Waals surface area (Å²) >= 11 is 0. The van der Waals surface area contributed by atoms with Gasteiger partial charge in [-0.05, 0) is 41.5 Å². The van der Waals surface area contributed by atoms with Gasteiger partial charge in [0.2, 0.25) is 5.89 Å². The highest BCUT2D eigenvalue weighted by molar-refractivity contribution is 5.76. The number of hydrogen-bond donors (Lipinski definition) is 1. The highest BCUT2D eigenvalue weighted by atomic mass is 19.1. The normalized spacial score (nSPS) is 11.5. The van der Waals surface area contributed by atoms with Gasteiger partial charge in [0.15, 0.2) is 5.58 Å². The number of oxazole rings is 1. The van der Waals surface area contributed by atoms with Crippen molar-refractivity contribution in [2.24, 2.45) is 0 Å². The first kappa shape index (κ1) is 12.6. The minimum absolute atomic E-state index is 0.0304. The molecule has 0 aliphatic carbocycles. The molecule has 1 aromatic heterocycles. The SMILES string of the molecule is OCc1ccc2nc(/C=C/c3ccc(F)cc3)oc2c1. The lowest BCUT2D eigenvalue weighted by molar-refractivity contribution is 0.282. The Labute approximate surface area is 115 Å². The smallest absolute Gasteiger partial charge is 0.220 e. The van der Waals surface area contributed by atoms with E-state index in [1.807, 2.05) is 0 Å².